The largest absolute Gasteiger partial charge is 0.390 e. The average molecular weight is 501 g/mol. The summed E-state index contributed by atoms with van der Waals surface area (Å²) in [6.07, 6.45) is 11.0. The minimum absolute atomic E-state index is 0.198. The first-order valence-corrected chi connectivity index (χ1v) is 11.8. The number of fused-ring (bicyclic) bond motifs is 1. The van der Waals surface area contributed by atoms with Crippen LogP contribution in [0.5, 0.6) is 0 Å². The fourth-order valence-corrected chi connectivity index (χ4v) is 4.36. The summed E-state index contributed by atoms with van der Waals surface area (Å²) in [7, 11) is 0. The Hall–Kier alpha value is -4.35. The molecule has 0 bridgehead atoms. The number of hydrogen-bond acceptors (Lipinski definition) is 9. The molecule has 6 rings (SSSR count). The number of nitrogens with zero attached hydrogens (tertiary/aromatic N) is 5. The highest BCUT2D eigenvalue weighted by Crippen LogP contribution is 2.34. The maximum absolute atomic E-state index is 14.1. The van der Waals surface area contributed by atoms with Crippen molar-refractivity contribution < 1.29 is 13.9 Å². The summed E-state index contributed by atoms with van der Waals surface area (Å²) in [4.78, 5) is 21.7. The Labute approximate surface area is 210 Å². The van der Waals surface area contributed by atoms with Gasteiger partial charge >= 0.3 is 0 Å². The molecule has 0 radical (unpaired) electrons. The summed E-state index contributed by atoms with van der Waals surface area (Å²) in [6.45, 7) is 1.26. The number of halogens is 2. The van der Waals surface area contributed by atoms with Crippen LogP contribution >= 0.6 is 0 Å². The number of nitrogens with one attached hydrogen (secondary N) is 3. The summed E-state index contributed by atoms with van der Waals surface area (Å²) in [6, 6.07) is 5.09. The summed E-state index contributed by atoms with van der Waals surface area (Å²) in [5.74, 6) is -0.587. The van der Waals surface area contributed by atoms with Crippen molar-refractivity contribution in [2.75, 3.05) is 23.7 Å². The molecule has 4 N–H and O–H groups in total. The average Bonchev–Trinajstić information content (AvgIpc) is 2.87. The third kappa shape index (κ3) is 4.61. The molecule has 0 spiro atoms. The molecule has 0 aromatic carbocycles. The van der Waals surface area contributed by atoms with E-state index in [1.807, 2.05) is 18.2 Å². The van der Waals surface area contributed by atoms with Gasteiger partial charge in [-0.25, -0.2) is 19.3 Å². The Morgan fingerprint density at radius 3 is 2.76 bits per heavy atom. The molecule has 2 atom stereocenters. The molecule has 5 heterocycles. The highest BCUT2D eigenvalue weighted by atomic mass is 19.1. The Balaban J connectivity index is 1.42. The van der Waals surface area contributed by atoms with Crippen molar-refractivity contribution >= 4 is 33.9 Å². The molecule has 1 aliphatic heterocycles. The monoisotopic (exact) mass is 500 g/mol. The van der Waals surface area contributed by atoms with E-state index in [1.165, 1.54) is 6.20 Å². The number of allylic oxidation sites excluding steroid dienone is 4. The normalized spacial score (nSPS) is 18.8. The highest BCUT2D eigenvalue weighted by molar-refractivity contribution is 6.02. The lowest BCUT2D eigenvalue weighted by molar-refractivity contribution is 0.128. The highest BCUT2D eigenvalue weighted by Gasteiger charge is 2.25. The van der Waals surface area contributed by atoms with Crippen LogP contribution in [-0.2, 0) is 0 Å². The van der Waals surface area contributed by atoms with Crippen molar-refractivity contribution in [1.29, 1.82) is 0 Å². The molecule has 9 nitrogen and oxygen atoms in total. The van der Waals surface area contributed by atoms with Gasteiger partial charge in [-0.3, -0.25) is 4.98 Å². The smallest absolute Gasteiger partial charge is 0.214 e. The van der Waals surface area contributed by atoms with Gasteiger partial charge < -0.3 is 21.1 Å². The van der Waals surface area contributed by atoms with Crippen molar-refractivity contribution in [2.45, 2.75) is 18.6 Å². The van der Waals surface area contributed by atoms with Gasteiger partial charge in [0.2, 0.25) is 5.95 Å². The predicted octanol–water partition coefficient (Wildman–Crippen LogP) is 3.59. The lowest BCUT2D eigenvalue weighted by Crippen LogP contribution is -2.47. The molecule has 1 saturated heterocycles. The second-order valence-corrected chi connectivity index (χ2v) is 8.79. The van der Waals surface area contributed by atoms with Crippen LogP contribution in [0.25, 0.3) is 27.9 Å². The van der Waals surface area contributed by atoms with E-state index in [4.69, 9.17) is 9.97 Å². The van der Waals surface area contributed by atoms with Crippen molar-refractivity contribution in [3.8, 4) is 11.4 Å². The van der Waals surface area contributed by atoms with Crippen LogP contribution in [0, 0.1) is 11.8 Å². The third-order valence-electron chi connectivity index (χ3n) is 6.32. The number of pyridine rings is 3. The summed E-state index contributed by atoms with van der Waals surface area (Å²) < 4.78 is 27.6. The summed E-state index contributed by atoms with van der Waals surface area (Å²) in [5, 5.41) is 20.7. The van der Waals surface area contributed by atoms with Crippen LogP contribution in [0.3, 0.4) is 0 Å². The van der Waals surface area contributed by atoms with Crippen LogP contribution in [0.1, 0.15) is 12.0 Å². The lowest BCUT2D eigenvalue weighted by atomic mass is 9.97. The number of anilines is 3. The zero-order chi connectivity index (χ0) is 25.4. The SMILES string of the molecule is O[C@H]1CNCC[C@H]1Nc1nc(-c2ccnc(Nc3nc(F)ccc3F)c2)nc2cncc(C3=CC=C3)c12. The van der Waals surface area contributed by atoms with Gasteiger partial charge in [-0.05, 0) is 42.8 Å². The molecular formula is C26H22F2N8O. The predicted molar refractivity (Wildman–Crippen MR) is 136 cm³/mol. The van der Waals surface area contributed by atoms with Crippen molar-refractivity contribution in [1.82, 2.24) is 30.2 Å². The van der Waals surface area contributed by atoms with Crippen molar-refractivity contribution in [3.05, 3.63) is 78.4 Å². The van der Waals surface area contributed by atoms with E-state index in [1.54, 1.807) is 24.5 Å². The number of hydrogen-bond donors (Lipinski definition) is 4. The van der Waals surface area contributed by atoms with E-state index < -0.39 is 17.9 Å². The van der Waals surface area contributed by atoms with Crippen LogP contribution in [0.2, 0.25) is 0 Å². The Bertz CT molecular complexity index is 1560. The van der Waals surface area contributed by atoms with Crippen molar-refractivity contribution in [2.24, 2.45) is 0 Å². The fraction of sp³-hybridized carbons (Fsp3) is 0.192. The molecule has 0 amide bonds. The number of rotatable bonds is 6. The number of aliphatic hydroxyl groups is 1. The molecule has 1 fully saturated rings. The maximum Gasteiger partial charge on any atom is 0.214 e. The second-order valence-electron chi connectivity index (χ2n) is 8.79. The zero-order valence-corrected chi connectivity index (χ0v) is 19.5. The molecule has 186 valence electrons. The molecule has 1 aliphatic carbocycles. The standard InChI is InChI=1S/C26H22F2N8O/c27-17-4-5-21(28)34-25(17)35-22-10-15(6-9-31-22)24-33-19-12-30-11-16(14-2-1-3-14)23(19)26(36-24)32-18-7-8-29-13-20(18)37/h1-6,9-12,18,20,29,37H,7-8,13H2,(H,31,34,35)(H,32,33,36)/t18-,20+/m1/s1. The quantitative estimate of drug-likeness (QED) is 0.294. The zero-order valence-electron chi connectivity index (χ0n) is 19.5. The second kappa shape index (κ2) is 9.60. The van der Waals surface area contributed by atoms with Crippen LogP contribution in [0.4, 0.5) is 26.2 Å². The first-order chi connectivity index (χ1) is 18.0. The van der Waals surface area contributed by atoms with Gasteiger partial charge in [0.25, 0.3) is 0 Å². The van der Waals surface area contributed by atoms with Gasteiger partial charge in [0, 0.05) is 30.1 Å². The van der Waals surface area contributed by atoms with E-state index in [9.17, 15) is 13.9 Å². The molecule has 4 aromatic heterocycles. The first-order valence-electron chi connectivity index (χ1n) is 11.8. The first kappa shape index (κ1) is 23.1. The number of aromatic nitrogens is 5. The van der Waals surface area contributed by atoms with Crippen LogP contribution < -0.4 is 16.0 Å². The maximum atomic E-state index is 14.1. The Morgan fingerprint density at radius 1 is 1.05 bits per heavy atom. The summed E-state index contributed by atoms with van der Waals surface area (Å²) >= 11 is 0. The number of β-amino-alcohol motifs (C(OH)–C–C–N with tert-alkyl or cyclic N) is 1. The molecular weight excluding hydrogens is 478 g/mol. The van der Waals surface area contributed by atoms with Crippen LogP contribution in [-0.4, -0.2) is 55.3 Å². The van der Waals surface area contributed by atoms with Crippen molar-refractivity contribution in [3.63, 3.8) is 0 Å². The van der Waals surface area contributed by atoms with Gasteiger partial charge in [0.15, 0.2) is 17.5 Å². The van der Waals surface area contributed by atoms with E-state index >= 15 is 0 Å². The van der Waals surface area contributed by atoms with Crippen LogP contribution in [0.15, 0.2) is 61.1 Å². The van der Waals surface area contributed by atoms with Gasteiger partial charge in [0.05, 0.1) is 29.2 Å². The fourth-order valence-electron chi connectivity index (χ4n) is 4.36. The molecule has 0 unspecified atom stereocenters. The topological polar surface area (TPSA) is 121 Å². The molecule has 4 aromatic rings. The third-order valence-corrected chi connectivity index (χ3v) is 6.32. The van der Waals surface area contributed by atoms with E-state index in [0.29, 0.717) is 29.3 Å². The number of piperidine rings is 1. The van der Waals surface area contributed by atoms with Gasteiger partial charge in [-0.2, -0.15) is 9.37 Å². The minimum Gasteiger partial charge on any atom is -0.390 e. The molecule has 37 heavy (non-hydrogen) atoms. The lowest BCUT2D eigenvalue weighted by Gasteiger charge is -2.30. The number of aliphatic hydroxyl groups excluding tert-OH is 1. The Morgan fingerprint density at radius 2 is 1.95 bits per heavy atom. The van der Waals surface area contributed by atoms with Gasteiger partial charge in [-0.15, -0.1) is 0 Å². The van der Waals surface area contributed by atoms with Gasteiger partial charge in [-0.1, -0.05) is 18.2 Å². The van der Waals surface area contributed by atoms with E-state index in [2.05, 4.69) is 30.9 Å². The van der Waals surface area contributed by atoms with E-state index in [-0.39, 0.29) is 17.7 Å². The van der Waals surface area contributed by atoms with E-state index in [0.717, 1.165) is 41.6 Å². The molecule has 0 saturated carbocycles. The minimum atomic E-state index is -0.812. The van der Waals surface area contributed by atoms with Gasteiger partial charge in [0.1, 0.15) is 11.6 Å². The molecule has 2 aliphatic rings. The Kier molecular flexibility index (Phi) is 5.99. The summed E-state index contributed by atoms with van der Waals surface area (Å²) in [5.41, 5.74) is 3.13. The molecule has 11 heteroatoms.